The molecule has 0 bridgehead atoms. The number of H-pyrrole nitrogens is 1. The molecule has 0 aliphatic carbocycles. The summed E-state index contributed by atoms with van der Waals surface area (Å²) in [6.07, 6.45) is -5.81. The Morgan fingerprint density at radius 1 is 1.12 bits per heavy atom. The van der Waals surface area contributed by atoms with Crippen LogP contribution in [0.15, 0.2) is 40.3 Å². The first-order valence-electron chi connectivity index (χ1n) is 12.2. The van der Waals surface area contributed by atoms with E-state index in [9.17, 15) is 48.6 Å². The van der Waals surface area contributed by atoms with Gasteiger partial charge in [-0.1, -0.05) is 0 Å². The van der Waals surface area contributed by atoms with Crippen molar-refractivity contribution in [1.82, 2.24) is 9.55 Å². The van der Waals surface area contributed by atoms with Crippen molar-refractivity contribution >= 4 is 21.6 Å². The fraction of sp³-hybridized carbons (Fsp3) is 0.524. The van der Waals surface area contributed by atoms with Crippen molar-refractivity contribution in [2.75, 3.05) is 13.2 Å². The second-order valence-corrected chi connectivity index (χ2v) is 12.5. The van der Waals surface area contributed by atoms with Gasteiger partial charge in [0.25, 0.3) is 17.7 Å². The first-order chi connectivity index (χ1) is 19.6. The number of aromatic nitrogens is 3. The standard InChI is InChI=1S/C21H28N4O15P2/c1-10-6-25(21(31)23-19(10)30)15-5-12(26)13(38-15)8-36-41(32,33)40-42(34,35)37-9-14-16(27)17(28)20(39-14)24-4-2-3-11(7-24)18(22)29/h2-4,6-7,12-17,20,26-28H,5,8-9H2,1H3,(H4-,22,23,29,30,31,32,33,34,35)/p+1/t12-,13+,14+,15+,16+,17+,20+/m0/s1. The zero-order chi connectivity index (χ0) is 31.0. The molecule has 232 valence electrons. The van der Waals surface area contributed by atoms with Crippen molar-refractivity contribution in [2.24, 2.45) is 5.73 Å². The van der Waals surface area contributed by atoms with Gasteiger partial charge >= 0.3 is 21.3 Å². The van der Waals surface area contributed by atoms with Crippen LogP contribution in [0.4, 0.5) is 0 Å². The molecule has 0 radical (unpaired) electrons. The molecule has 4 heterocycles. The van der Waals surface area contributed by atoms with Crippen LogP contribution in [0.1, 0.15) is 34.8 Å². The number of phosphoric ester groups is 2. The van der Waals surface area contributed by atoms with E-state index in [0.717, 1.165) is 4.57 Å². The minimum absolute atomic E-state index is 0.0703. The average Bonchev–Trinajstić information content (AvgIpc) is 3.41. The van der Waals surface area contributed by atoms with E-state index < -0.39 is 89.0 Å². The molecule has 0 saturated carbocycles. The predicted molar refractivity (Wildman–Crippen MR) is 134 cm³/mol. The maximum Gasteiger partial charge on any atom is 0.481 e. The highest BCUT2D eigenvalue weighted by Gasteiger charge is 2.49. The molecule has 8 N–H and O–H groups in total. The molecule has 1 amide bonds. The maximum absolute atomic E-state index is 12.3. The number of phosphoric acid groups is 2. The molecule has 2 aliphatic heterocycles. The molecule has 9 atom stereocenters. The van der Waals surface area contributed by atoms with Crippen LogP contribution >= 0.6 is 15.6 Å². The number of carbonyl (C=O) groups excluding carboxylic acids is 1. The van der Waals surface area contributed by atoms with Gasteiger partial charge in [0.2, 0.25) is 0 Å². The van der Waals surface area contributed by atoms with Gasteiger partial charge in [0.05, 0.1) is 19.3 Å². The monoisotopic (exact) mass is 639 g/mol. The zero-order valence-electron chi connectivity index (χ0n) is 21.7. The lowest BCUT2D eigenvalue weighted by Crippen LogP contribution is -2.46. The van der Waals surface area contributed by atoms with E-state index in [1.807, 2.05) is 0 Å². The van der Waals surface area contributed by atoms with Gasteiger partial charge in [-0.25, -0.2) is 13.9 Å². The Bertz CT molecular complexity index is 1530. The van der Waals surface area contributed by atoms with Crippen molar-refractivity contribution in [3.63, 3.8) is 0 Å². The van der Waals surface area contributed by atoms with Gasteiger partial charge in [-0.3, -0.25) is 28.2 Å². The summed E-state index contributed by atoms with van der Waals surface area (Å²) in [5.74, 6) is -0.764. The molecule has 2 fully saturated rings. The third-order valence-electron chi connectivity index (χ3n) is 6.41. The third-order valence-corrected chi connectivity index (χ3v) is 9.01. The quantitative estimate of drug-likeness (QED) is 0.0984. The van der Waals surface area contributed by atoms with Crippen molar-refractivity contribution in [3.8, 4) is 0 Å². The second kappa shape index (κ2) is 12.5. The molecule has 4 rings (SSSR count). The number of pyridine rings is 1. The highest BCUT2D eigenvalue weighted by molar-refractivity contribution is 7.61. The number of aromatic amines is 1. The van der Waals surface area contributed by atoms with E-state index >= 15 is 0 Å². The number of aliphatic hydroxyl groups excluding tert-OH is 3. The summed E-state index contributed by atoms with van der Waals surface area (Å²) in [6, 6.07) is 2.83. The van der Waals surface area contributed by atoms with Crippen LogP contribution in [-0.2, 0) is 32.0 Å². The largest absolute Gasteiger partial charge is 0.481 e. The molecule has 0 spiro atoms. The summed E-state index contributed by atoms with van der Waals surface area (Å²) in [5.41, 5.74) is 4.07. The summed E-state index contributed by atoms with van der Waals surface area (Å²) < 4.78 is 51.5. The number of nitrogens with one attached hydrogen (secondary N) is 1. The molecule has 2 aromatic rings. The van der Waals surface area contributed by atoms with Crippen LogP contribution in [-0.4, -0.2) is 84.3 Å². The Balaban J connectivity index is 1.31. The van der Waals surface area contributed by atoms with Gasteiger partial charge in [-0.2, -0.15) is 8.88 Å². The lowest BCUT2D eigenvalue weighted by molar-refractivity contribution is -0.765. The fourth-order valence-electron chi connectivity index (χ4n) is 4.26. The Morgan fingerprint density at radius 2 is 1.76 bits per heavy atom. The zero-order valence-corrected chi connectivity index (χ0v) is 23.5. The van der Waals surface area contributed by atoms with Crippen LogP contribution in [0.2, 0.25) is 0 Å². The number of rotatable bonds is 11. The van der Waals surface area contributed by atoms with Crippen LogP contribution in [0.5, 0.6) is 0 Å². The average molecular weight is 639 g/mol. The van der Waals surface area contributed by atoms with Gasteiger partial charge < -0.3 is 40.3 Å². The van der Waals surface area contributed by atoms with Crippen LogP contribution in [0, 0.1) is 6.92 Å². The molecule has 42 heavy (non-hydrogen) atoms. The number of carbonyl (C=O) groups is 1. The molecule has 2 unspecified atom stereocenters. The first kappa shape index (κ1) is 32.3. The lowest BCUT2D eigenvalue weighted by atomic mass is 10.1. The van der Waals surface area contributed by atoms with Crippen molar-refractivity contribution in [2.45, 2.75) is 56.3 Å². The summed E-state index contributed by atoms with van der Waals surface area (Å²) in [5, 5.41) is 30.9. The van der Waals surface area contributed by atoms with Gasteiger partial charge in [-0.15, -0.1) is 0 Å². The molecular formula is C21H29N4O15P2+. The molecule has 2 aliphatic rings. The molecule has 2 aromatic heterocycles. The molecular weight excluding hydrogens is 610 g/mol. The lowest BCUT2D eigenvalue weighted by Gasteiger charge is -2.20. The Kier molecular flexibility index (Phi) is 9.63. The summed E-state index contributed by atoms with van der Waals surface area (Å²) in [7, 11) is -10.7. The third kappa shape index (κ3) is 7.46. The smallest absolute Gasteiger partial charge is 0.390 e. The summed E-state index contributed by atoms with van der Waals surface area (Å²) in [6.45, 7) is -0.265. The summed E-state index contributed by atoms with van der Waals surface area (Å²) in [4.78, 5) is 57.0. The molecule has 19 nitrogen and oxygen atoms in total. The van der Waals surface area contributed by atoms with E-state index in [1.54, 1.807) is 0 Å². The minimum atomic E-state index is -5.34. The predicted octanol–water partition coefficient (Wildman–Crippen LogP) is -2.55. The first-order valence-corrected chi connectivity index (χ1v) is 15.2. The normalized spacial score (nSPS) is 30.6. The highest BCUT2D eigenvalue weighted by Crippen LogP contribution is 2.60. The minimum Gasteiger partial charge on any atom is -0.390 e. The number of aryl methyl sites for hydroxylation is 1. The van der Waals surface area contributed by atoms with Crippen LogP contribution < -0.4 is 21.5 Å². The van der Waals surface area contributed by atoms with Crippen molar-refractivity contribution < 1.29 is 66.4 Å². The number of ether oxygens (including phenoxy) is 2. The van der Waals surface area contributed by atoms with E-state index in [0.29, 0.717) is 0 Å². The van der Waals surface area contributed by atoms with Crippen LogP contribution in [0.25, 0.3) is 0 Å². The summed E-state index contributed by atoms with van der Waals surface area (Å²) >= 11 is 0. The van der Waals surface area contributed by atoms with E-state index in [2.05, 4.69) is 18.3 Å². The SMILES string of the molecule is Cc1cn([C@H]2C[C@H](O)[C@@H](COP(=O)(O)OP(=O)(O)OC[C@H]3O[C@@H]([n+]4cccc(C(N)=O)c4)[C@H](O)[C@@H]3O)O2)c(=O)[nH]c1=O. The number of aliphatic hydroxyl groups is 3. The van der Waals surface area contributed by atoms with E-state index in [-0.39, 0.29) is 17.5 Å². The van der Waals surface area contributed by atoms with Crippen LogP contribution in [0.3, 0.4) is 0 Å². The molecule has 21 heteroatoms. The topological polar surface area (TPSA) is 283 Å². The fourth-order valence-corrected chi connectivity index (χ4v) is 6.35. The number of nitrogens with two attached hydrogens (primary N) is 1. The molecule has 0 aromatic carbocycles. The maximum atomic E-state index is 12.3. The molecule has 2 saturated heterocycles. The highest BCUT2D eigenvalue weighted by atomic mass is 31.3. The van der Waals surface area contributed by atoms with Gasteiger partial charge in [0.1, 0.15) is 30.1 Å². The van der Waals surface area contributed by atoms with Crippen molar-refractivity contribution in [3.05, 3.63) is 62.7 Å². The second-order valence-electron chi connectivity index (χ2n) is 9.47. The van der Waals surface area contributed by atoms with Gasteiger partial charge in [-0.05, 0) is 13.0 Å². The van der Waals surface area contributed by atoms with Gasteiger partial charge in [0.15, 0.2) is 18.5 Å². The van der Waals surface area contributed by atoms with E-state index in [1.165, 1.54) is 42.2 Å². The number of primary amides is 1. The Hall–Kier alpha value is -2.64. The number of hydrogen-bond acceptors (Lipinski definition) is 13. The number of hydrogen-bond donors (Lipinski definition) is 7. The Morgan fingerprint density at radius 3 is 2.40 bits per heavy atom. The Labute approximate surface area is 235 Å². The van der Waals surface area contributed by atoms with Crippen molar-refractivity contribution in [1.29, 1.82) is 0 Å². The number of nitrogens with zero attached hydrogens (tertiary/aromatic N) is 2. The van der Waals surface area contributed by atoms with E-state index in [4.69, 9.17) is 15.2 Å². The van der Waals surface area contributed by atoms with Gasteiger partial charge in [0, 0.05) is 24.2 Å². The number of amides is 1.